The van der Waals surface area contributed by atoms with Gasteiger partial charge >= 0.3 is 0 Å². The number of nitrogens with zero attached hydrogens (tertiary/aromatic N) is 1. The highest BCUT2D eigenvalue weighted by Gasteiger charge is 2.15. The molecular formula is C8H10FNO2. The molecule has 0 amide bonds. The first-order chi connectivity index (χ1) is 5.59. The van der Waals surface area contributed by atoms with Crippen LogP contribution in [0, 0.1) is 16.0 Å². The van der Waals surface area contributed by atoms with Gasteiger partial charge in [0.2, 0.25) is 0 Å². The number of hydrogen-bond donors (Lipinski definition) is 0. The Kier molecular flexibility index (Phi) is 2.58. The zero-order valence-corrected chi connectivity index (χ0v) is 6.79. The molecule has 0 aromatic rings. The molecule has 1 rings (SSSR count). The van der Waals surface area contributed by atoms with Gasteiger partial charge in [0, 0.05) is 12.5 Å². The van der Waals surface area contributed by atoms with Crippen LogP contribution in [0.4, 0.5) is 4.39 Å². The lowest BCUT2D eigenvalue weighted by molar-refractivity contribution is -0.419. The molecule has 1 aliphatic carbocycles. The molecule has 0 spiro atoms. The van der Waals surface area contributed by atoms with Gasteiger partial charge in [-0.2, -0.15) is 0 Å². The Morgan fingerprint density at radius 3 is 3.00 bits per heavy atom. The van der Waals surface area contributed by atoms with Gasteiger partial charge in [0.15, 0.2) is 0 Å². The van der Waals surface area contributed by atoms with Crippen LogP contribution in [0.2, 0.25) is 0 Å². The zero-order valence-electron chi connectivity index (χ0n) is 6.79. The largest absolute Gasteiger partial charge is 0.268 e. The van der Waals surface area contributed by atoms with Crippen molar-refractivity contribution in [1.29, 1.82) is 0 Å². The quantitative estimate of drug-likeness (QED) is 0.449. The molecule has 0 N–H and O–H groups in total. The molecule has 0 aromatic heterocycles. The summed E-state index contributed by atoms with van der Waals surface area (Å²) in [6.07, 6.45) is 3.34. The first kappa shape index (κ1) is 8.90. The summed E-state index contributed by atoms with van der Waals surface area (Å²) in [5.74, 6) is -0.248. The van der Waals surface area contributed by atoms with Crippen molar-refractivity contribution in [2.45, 2.75) is 19.8 Å². The van der Waals surface area contributed by atoms with Gasteiger partial charge in [0.05, 0.1) is 4.92 Å². The minimum absolute atomic E-state index is 0.128. The standard InChI is InChI=1S/C8H10FNO2/c1-6-2-3-8(10(11)12)5-7(9)4-6/h3,5-6H,2,4H2,1H3. The molecule has 0 fully saturated rings. The summed E-state index contributed by atoms with van der Waals surface area (Å²) in [7, 11) is 0. The average Bonchev–Trinajstić information content (AvgIpc) is 2.11. The van der Waals surface area contributed by atoms with Crippen LogP contribution in [0.5, 0.6) is 0 Å². The molecule has 0 radical (unpaired) electrons. The third-order valence-electron chi connectivity index (χ3n) is 1.79. The van der Waals surface area contributed by atoms with E-state index in [9.17, 15) is 14.5 Å². The maximum Gasteiger partial charge on any atom is 0.268 e. The summed E-state index contributed by atoms with van der Waals surface area (Å²) in [5, 5.41) is 10.3. The van der Waals surface area contributed by atoms with Crippen LogP contribution in [0.1, 0.15) is 19.8 Å². The minimum Gasteiger partial charge on any atom is -0.258 e. The smallest absolute Gasteiger partial charge is 0.258 e. The van der Waals surface area contributed by atoms with Gasteiger partial charge in [-0.1, -0.05) is 6.92 Å². The zero-order chi connectivity index (χ0) is 9.14. The number of nitro groups is 1. The first-order valence-corrected chi connectivity index (χ1v) is 3.80. The highest BCUT2D eigenvalue weighted by Crippen LogP contribution is 2.22. The van der Waals surface area contributed by atoms with E-state index >= 15 is 0 Å². The van der Waals surface area contributed by atoms with Gasteiger partial charge in [0.1, 0.15) is 5.83 Å². The molecular weight excluding hydrogens is 161 g/mol. The molecule has 0 aromatic carbocycles. The summed E-state index contributed by atoms with van der Waals surface area (Å²) in [6, 6.07) is 0. The van der Waals surface area contributed by atoms with E-state index < -0.39 is 10.8 Å². The van der Waals surface area contributed by atoms with Gasteiger partial charge in [0.25, 0.3) is 5.70 Å². The van der Waals surface area contributed by atoms with Crippen molar-refractivity contribution in [3.05, 3.63) is 33.8 Å². The molecule has 4 heteroatoms. The average molecular weight is 171 g/mol. The van der Waals surface area contributed by atoms with Gasteiger partial charge in [-0.3, -0.25) is 10.1 Å². The Balaban J connectivity index is 2.86. The maximum absolute atomic E-state index is 12.8. The van der Waals surface area contributed by atoms with E-state index in [1.54, 1.807) is 0 Å². The Morgan fingerprint density at radius 2 is 2.42 bits per heavy atom. The van der Waals surface area contributed by atoms with E-state index in [4.69, 9.17) is 0 Å². The summed E-state index contributed by atoms with van der Waals surface area (Å²) < 4.78 is 12.8. The second kappa shape index (κ2) is 3.47. The van der Waals surface area contributed by atoms with Gasteiger partial charge in [-0.25, -0.2) is 4.39 Å². The normalized spacial score (nSPS) is 24.0. The van der Waals surface area contributed by atoms with Crippen molar-refractivity contribution >= 4 is 0 Å². The molecule has 1 aliphatic rings. The van der Waals surface area contributed by atoms with Crippen LogP contribution in [0.3, 0.4) is 0 Å². The molecule has 66 valence electrons. The fourth-order valence-electron chi connectivity index (χ4n) is 1.14. The van der Waals surface area contributed by atoms with Crippen molar-refractivity contribution < 1.29 is 9.31 Å². The molecule has 0 saturated heterocycles. The summed E-state index contributed by atoms with van der Waals surface area (Å²) in [5.41, 5.74) is -0.128. The topological polar surface area (TPSA) is 43.1 Å². The fraction of sp³-hybridized carbons (Fsp3) is 0.500. The van der Waals surface area contributed by atoms with Gasteiger partial charge in [-0.05, 0) is 18.4 Å². The van der Waals surface area contributed by atoms with Crippen LogP contribution in [-0.4, -0.2) is 4.92 Å². The van der Waals surface area contributed by atoms with E-state index in [0.717, 1.165) is 6.08 Å². The van der Waals surface area contributed by atoms with E-state index in [-0.39, 0.29) is 11.6 Å². The predicted octanol–water partition coefficient (Wildman–Crippen LogP) is 2.43. The van der Waals surface area contributed by atoms with Crippen molar-refractivity contribution in [2.24, 2.45) is 5.92 Å². The van der Waals surface area contributed by atoms with E-state index in [0.29, 0.717) is 12.8 Å². The SMILES string of the molecule is CC1CC=C([N+](=O)[O-])C=C(F)C1. The summed E-state index contributed by atoms with van der Waals surface area (Å²) in [4.78, 5) is 9.73. The third kappa shape index (κ3) is 2.15. The third-order valence-corrected chi connectivity index (χ3v) is 1.79. The number of rotatable bonds is 1. The molecule has 1 unspecified atom stereocenters. The highest BCUT2D eigenvalue weighted by molar-refractivity contribution is 5.17. The Morgan fingerprint density at radius 1 is 1.75 bits per heavy atom. The molecule has 0 saturated carbocycles. The highest BCUT2D eigenvalue weighted by atomic mass is 19.1. The van der Waals surface area contributed by atoms with E-state index in [1.807, 2.05) is 6.92 Å². The van der Waals surface area contributed by atoms with Crippen molar-refractivity contribution in [3.63, 3.8) is 0 Å². The van der Waals surface area contributed by atoms with Crippen LogP contribution < -0.4 is 0 Å². The van der Waals surface area contributed by atoms with Crippen molar-refractivity contribution in [3.8, 4) is 0 Å². The number of hydrogen-bond acceptors (Lipinski definition) is 2. The van der Waals surface area contributed by atoms with Gasteiger partial charge < -0.3 is 0 Å². The predicted molar refractivity (Wildman–Crippen MR) is 42.7 cm³/mol. The van der Waals surface area contributed by atoms with Gasteiger partial charge in [-0.15, -0.1) is 0 Å². The molecule has 1 atom stereocenters. The maximum atomic E-state index is 12.8. The van der Waals surface area contributed by atoms with Crippen LogP contribution in [0.15, 0.2) is 23.7 Å². The van der Waals surface area contributed by atoms with Crippen molar-refractivity contribution in [1.82, 2.24) is 0 Å². The second-order valence-electron chi connectivity index (χ2n) is 3.02. The fourth-order valence-corrected chi connectivity index (χ4v) is 1.14. The molecule has 3 nitrogen and oxygen atoms in total. The Labute approximate surface area is 69.7 Å². The summed E-state index contributed by atoms with van der Waals surface area (Å²) in [6.45, 7) is 1.87. The second-order valence-corrected chi connectivity index (χ2v) is 3.02. The van der Waals surface area contributed by atoms with Crippen LogP contribution in [0.25, 0.3) is 0 Å². The first-order valence-electron chi connectivity index (χ1n) is 3.80. The van der Waals surface area contributed by atoms with E-state index in [1.165, 1.54) is 6.08 Å². The molecule has 0 bridgehead atoms. The van der Waals surface area contributed by atoms with E-state index in [2.05, 4.69) is 0 Å². The lowest BCUT2D eigenvalue weighted by Gasteiger charge is -2.01. The molecule has 0 aliphatic heterocycles. The number of halogens is 1. The van der Waals surface area contributed by atoms with Crippen LogP contribution in [-0.2, 0) is 0 Å². The molecule has 0 heterocycles. The van der Waals surface area contributed by atoms with Crippen molar-refractivity contribution in [2.75, 3.05) is 0 Å². The minimum atomic E-state index is -0.558. The lowest BCUT2D eigenvalue weighted by atomic mass is 10.1. The number of allylic oxidation sites excluding steroid dienone is 3. The lowest BCUT2D eigenvalue weighted by Crippen LogP contribution is -1.94. The Bertz CT molecular complexity index is 258. The summed E-state index contributed by atoms with van der Waals surface area (Å²) >= 11 is 0. The Hall–Kier alpha value is -1.19. The monoisotopic (exact) mass is 171 g/mol. The molecule has 12 heavy (non-hydrogen) atoms. The van der Waals surface area contributed by atoms with Crippen LogP contribution >= 0.6 is 0 Å².